The fraction of sp³-hybridized carbons (Fsp3) is 0.647. The number of aliphatic hydroxyl groups excluding tert-OH is 1. The molecular weight excluding hydrogens is 250 g/mol. The van der Waals surface area contributed by atoms with Gasteiger partial charge in [-0.2, -0.15) is 0 Å². The Labute approximate surface area is 122 Å². The first kappa shape index (κ1) is 15.3. The molecule has 2 rings (SSSR count). The van der Waals surface area contributed by atoms with Gasteiger partial charge in [0.1, 0.15) is 5.75 Å². The molecule has 20 heavy (non-hydrogen) atoms. The highest BCUT2D eigenvalue weighted by Crippen LogP contribution is 2.22. The largest absolute Gasteiger partial charge is 0.493 e. The Kier molecular flexibility index (Phi) is 5.86. The Hall–Kier alpha value is -1.06. The van der Waals surface area contributed by atoms with Crippen molar-refractivity contribution in [3.05, 3.63) is 29.3 Å². The summed E-state index contributed by atoms with van der Waals surface area (Å²) in [6.45, 7) is 8.57. The summed E-state index contributed by atoms with van der Waals surface area (Å²) in [6.07, 6.45) is 3.43. The Bertz CT molecular complexity index is 399. The predicted molar refractivity (Wildman–Crippen MR) is 82.3 cm³/mol. The highest BCUT2D eigenvalue weighted by Gasteiger charge is 2.18. The summed E-state index contributed by atoms with van der Waals surface area (Å²) in [7, 11) is 0. The third kappa shape index (κ3) is 4.22. The van der Waals surface area contributed by atoms with Crippen LogP contribution in [0.3, 0.4) is 0 Å². The summed E-state index contributed by atoms with van der Waals surface area (Å²) in [5.74, 6) is 1.52. The molecule has 1 saturated heterocycles. The lowest BCUT2D eigenvalue weighted by Gasteiger charge is -2.31. The molecule has 3 heteroatoms. The van der Waals surface area contributed by atoms with E-state index in [-0.39, 0.29) is 0 Å². The van der Waals surface area contributed by atoms with Crippen LogP contribution in [0.1, 0.15) is 30.4 Å². The molecule has 1 fully saturated rings. The van der Waals surface area contributed by atoms with Crippen LogP contribution in [0.25, 0.3) is 0 Å². The van der Waals surface area contributed by atoms with E-state index in [0.717, 1.165) is 31.9 Å². The van der Waals surface area contributed by atoms with Gasteiger partial charge in [0.05, 0.1) is 6.61 Å². The average Bonchev–Trinajstić information content (AvgIpc) is 2.46. The fourth-order valence-corrected chi connectivity index (χ4v) is 2.99. The van der Waals surface area contributed by atoms with Gasteiger partial charge in [0.2, 0.25) is 0 Å². The number of benzene rings is 1. The van der Waals surface area contributed by atoms with Gasteiger partial charge in [0, 0.05) is 19.7 Å². The molecule has 1 N–H and O–H groups in total. The molecule has 1 aromatic rings. The number of rotatable bonds is 6. The van der Waals surface area contributed by atoms with Crippen LogP contribution >= 0.6 is 0 Å². The van der Waals surface area contributed by atoms with E-state index in [9.17, 15) is 5.11 Å². The second kappa shape index (κ2) is 7.65. The van der Waals surface area contributed by atoms with Crippen molar-refractivity contribution in [2.24, 2.45) is 5.92 Å². The van der Waals surface area contributed by atoms with Crippen LogP contribution in [0.5, 0.6) is 5.75 Å². The predicted octanol–water partition coefficient (Wildman–Crippen LogP) is 2.78. The number of piperidine rings is 1. The third-order valence-electron chi connectivity index (χ3n) is 4.14. The zero-order valence-electron chi connectivity index (χ0n) is 12.8. The van der Waals surface area contributed by atoms with E-state index in [1.54, 1.807) is 0 Å². The molecule has 0 saturated carbocycles. The van der Waals surface area contributed by atoms with Crippen molar-refractivity contribution in [1.29, 1.82) is 0 Å². The number of para-hydroxylation sites is 1. The minimum atomic E-state index is 0.329. The third-order valence-corrected chi connectivity index (χ3v) is 4.14. The van der Waals surface area contributed by atoms with Crippen LogP contribution in [-0.2, 0) is 0 Å². The summed E-state index contributed by atoms with van der Waals surface area (Å²) >= 11 is 0. The van der Waals surface area contributed by atoms with E-state index in [1.165, 1.54) is 30.5 Å². The molecule has 1 aliphatic heterocycles. The maximum atomic E-state index is 9.24. The first-order chi connectivity index (χ1) is 9.70. The lowest BCUT2D eigenvalue weighted by molar-refractivity contribution is 0.115. The van der Waals surface area contributed by atoms with Gasteiger partial charge in [0.25, 0.3) is 0 Å². The molecule has 0 aromatic heterocycles. The Morgan fingerprint density at radius 3 is 2.75 bits per heavy atom. The molecule has 1 unspecified atom stereocenters. The number of hydrogen-bond acceptors (Lipinski definition) is 3. The summed E-state index contributed by atoms with van der Waals surface area (Å²) in [5.41, 5.74) is 2.42. The molecule has 112 valence electrons. The van der Waals surface area contributed by atoms with Crippen molar-refractivity contribution < 1.29 is 9.84 Å². The van der Waals surface area contributed by atoms with Gasteiger partial charge in [0.15, 0.2) is 0 Å². The molecule has 1 atom stereocenters. The zero-order chi connectivity index (χ0) is 14.4. The van der Waals surface area contributed by atoms with Crippen LogP contribution < -0.4 is 4.74 Å². The van der Waals surface area contributed by atoms with Crippen molar-refractivity contribution in [3.8, 4) is 5.75 Å². The molecular formula is C17H27NO2. The highest BCUT2D eigenvalue weighted by molar-refractivity contribution is 5.39. The Balaban J connectivity index is 1.71. The normalized spacial score (nSPS) is 20.1. The Morgan fingerprint density at radius 2 is 2.05 bits per heavy atom. The quantitative estimate of drug-likeness (QED) is 0.812. The second-order valence-corrected chi connectivity index (χ2v) is 5.91. The number of ether oxygens (including phenoxy) is 1. The van der Waals surface area contributed by atoms with Crippen LogP contribution in [0.15, 0.2) is 18.2 Å². The summed E-state index contributed by atoms with van der Waals surface area (Å²) in [4.78, 5) is 2.46. The van der Waals surface area contributed by atoms with Gasteiger partial charge in [-0.05, 0) is 56.7 Å². The maximum Gasteiger partial charge on any atom is 0.125 e. The van der Waals surface area contributed by atoms with Crippen molar-refractivity contribution in [2.45, 2.75) is 33.1 Å². The lowest BCUT2D eigenvalue weighted by Crippen LogP contribution is -2.37. The first-order valence-corrected chi connectivity index (χ1v) is 7.73. The van der Waals surface area contributed by atoms with E-state index in [2.05, 4.69) is 36.9 Å². The van der Waals surface area contributed by atoms with E-state index in [1.807, 2.05) is 0 Å². The standard InChI is InChI=1S/C17H27NO2/c1-14-6-3-7-15(2)17(14)20-11-5-10-18-9-4-8-16(12-18)13-19/h3,6-7,16,19H,4-5,8-13H2,1-2H3. The number of aliphatic hydroxyl groups is 1. The van der Waals surface area contributed by atoms with E-state index in [0.29, 0.717) is 12.5 Å². The number of likely N-dealkylation sites (tertiary alicyclic amines) is 1. The Morgan fingerprint density at radius 1 is 1.30 bits per heavy atom. The van der Waals surface area contributed by atoms with Crippen molar-refractivity contribution >= 4 is 0 Å². The molecule has 1 heterocycles. The van der Waals surface area contributed by atoms with E-state index in [4.69, 9.17) is 4.74 Å². The number of aryl methyl sites for hydroxylation is 2. The van der Waals surface area contributed by atoms with Crippen LogP contribution in [0.4, 0.5) is 0 Å². The molecule has 1 aromatic carbocycles. The van der Waals surface area contributed by atoms with Gasteiger partial charge in [-0.15, -0.1) is 0 Å². The van der Waals surface area contributed by atoms with Crippen LogP contribution in [-0.4, -0.2) is 42.9 Å². The molecule has 3 nitrogen and oxygen atoms in total. The van der Waals surface area contributed by atoms with Gasteiger partial charge < -0.3 is 14.7 Å². The molecule has 0 bridgehead atoms. The minimum absolute atomic E-state index is 0.329. The summed E-state index contributed by atoms with van der Waals surface area (Å²) < 4.78 is 5.94. The minimum Gasteiger partial charge on any atom is -0.493 e. The molecule has 0 spiro atoms. The SMILES string of the molecule is Cc1cccc(C)c1OCCCN1CCCC(CO)C1. The highest BCUT2D eigenvalue weighted by atomic mass is 16.5. The van der Waals surface area contributed by atoms with Crippen molar-refractivity contribution in [3.63, 3.8) is 0 Å². The smallest absolute Gasteiger partial charge is 0.125 e. The molecule has 0 amide bonds. The molecule has 1 aliphatic rings. The van der Waals surface area contributed by atoms with Crippen LogP contribution in [0, 0.1) is 19.8 Å². The first-order valence-electron chi connectivity index (χ1n) is 7.73. The number of hydrogen-bond donors (Lipinski definition) is 1. The van der Waals surface area contributed by atoms with Gasteiger partial charge >= 0.3 is 0 Å². The lowest BCUT2D eigenvalue weighted by atomic mass is 9.99. The van der Waals surface area contributed by atoms with Crippen molar-refractivity contribution in [1.82, 2.24) is 4.90 Å². The van der Waals surface area contributed by atoms with Gasteiger partial charge in [-0.25, -0.2) is 0 Å². The zero-order valence-corrected chi connectivity index (χ0v) is 12.8. The number of nitrogens with zero attached hydrogens (tertiary/aromatic N) is 1. The van der Waals surface area contributed by atoms with Gasteiger partial charge in [-0.3, -0.25) is 0 Å². The summed E-state index contributed by atoms with van der Waals surface area (Å²) in [5, 5.41) is 9.24. The molecule has 0 radical (unpaired) electrons. The maximum absolute atomic E-state index is 9.24. The van der Waals surface area contributed by atoms with Crippen molar-refractivity contribution in [2.75, 3.05) is 32.8 Å². The molecule has 0 aliphatic carbocycles. The van der Waals surface area contributed by atoms with Crippen LogP contribution in [0.2, 0.25) is 0 Å². The van der Waals surface area contributed by atoms with E-state index < -0.39 is 0 Å². The fourth-order valence-electron chi connectivity index (χ4n) is 2.99. The average molecular weight is 277 g/mol. The second-order valence-electron chi connectivity index (χ2n) is 5.91. The monoisotopic (exact) mass is 277 g/mol. The van der Waals surface area contributed by atoms with E-state index >= 15 is 0 Å². The van der Waals surface area contributed by atoms with Gasteiger partial charge in [-0.1, -0.05) is 18.2 Å². The topological polar surface area (TPSA) is 32.7 Å². The summed E-state index contributed by atoms with van der Waals surface area (Å²) in [6, 6.07) is 6.26.